The Morgan fingerprint density at radius 2 is 1.42 bits per heavy atom. The topological polar surface area (TPSA) is 57.7 Å². The molecule has 3 aromatic carbocycles. The van der Waals surface area contributed by atoms with Crippen LogP contribution < -0.4 is 4.90 Å². The number of hydrogen-bond donors (Lipinski definition) is 0. The second-order valence-corrected chi connectivity index (χ2v) is 8.81. The van der Waals surface area contributed by atoms with Gasteiger partial charge in [-0.1, -0.05) is 48.5 Å². The van der Waals surface area contributed by atoms with Crippen LogP contribution in [0.15, 0.2) is 66.7 Å². The summed E-state index contributed by atoms with van der Waals surface area (Å²) in [6.45, 7) is 2.60. The van der Waals surface area contributed by atoms with E-state index in [1.54, 1.807) is 54.4 Å². The van der Waals surface area contributed by atoms with Gasteiger partial charge in [0.05, 0.1) is 5.56 Å². The molecule has 0 unspecified atom stereocenters. The lowest BCUT2D eigenvalue weighted by molar-refractivity contribution is 0.0780. The molecule has 0 atom stereocenters. The van der Waals surface area contributed by atoms with Gasteiger partial charge in [-0.15, -0.1) is 0 Å². The summed E-state index contributed by atoms with van der Waals surface area (Å²) >= 11 is 0. The zero-order chi connectivity index (χ0) is 22.9. The van der Waals surface area contributed by atoms with Crippen LogP contribution in [0.4, 0.5) is 5.69 Å². The summed E-state index contributed by atoms with van der Waals surface area (Å²) in [6, 6.07) is 20.1. The highest BCUT2D eigenvalue weighted by Gasteiger charge is 2.33. The average molecular weight is 439 g/mol. The average Bonchev–Trinajstić information content (AvgIpc) is 2.87. The normalized spacial score (nSPS) is 15.1. The van der Waals surface area contributed by atoms with E-state index in [1.165, 1.54) is 24.9 Å². The second-order valence-electron chi connectivity index (χ2n) is 8.81. The Balaban J connectivity index is 1.38. The molecule has 0 N–H and O–H groups in total. The van der Waals surface area contributed by atoms with Crippen molar-refractivity contribution in [3.8, 4) is 0 Å². The molecule has 1 fully saturated rings. The van der Waals surface area contributed by atoms with Gasteiger partial charge in [-0.25, -0.2) is 0 Å². The number of anilines is 1. The predicted octanol–water partition coefficient (Wildman–Crippen LogP) is 4.72. The first-order valence-corrected chi connectivity index (χ1v) is 11.5. The van der Waals surface area contributed by atoms with Crippen LogP contribution in [0, 0.1) is 0 Å². The Bertz CT molecular complexity index is 1240. The molecule has 0 radical (unpaired) electrons. The first-order valence-electron chi connectivity index (χ1n) is 11.5. The molecule has 1 heterocycles. The van der Waals surface area contributed by atoms with Gasteiger partial charge in [0.2, 0.25) is 0 Å². The summed E-state index contributed by atoms with van der Waals surface area (Å²) < 4.78 is 0. The fraction of sp³-hybridized carbons (Fsp3) is 0.250. The smallest absolute Gasteiger partial charge is 0.254 e. The third-order valence-electron chi connectivity index (χ3n) is 6.61. The molecule has 5 rings (SSSR count). The van der Waals surface area contributed by atoms with Crippen LogP contribution in [0.5, 0.6) is 0 Å². The van der Waals surface area contributed by atoms with Gasteiger partial charge in [-0.05, 0) is 43.0 Å². The number of nitrogens with zero attached hydrogens (tertiary/aromatic N) is 2. The Morgan fingerprint density at radius 3 is 2.12 bits per heavy atom. The van der Waals surface area contributed by atoms with Crippen molar-refractivity contribution in [3.05, 3.63) is 100 Å². The molecular formula is C28H26N2O3. The number of ketones is 2. The molecular weight excluding hydrogens is 412 g/mol. The Labute approximate surface area is 193 Å². The van der Waals surface area contributed by atoms with Crippen molar-refractivity contribution >= 4 is 23.2 Å². The monoisotopic (exact) mass is 438 g/mol. The van der Waals surface area contributed by atoms with Crippen LogP contribution >= 0.6 is 0 Å². The van der Waals surface area contributed by atoms with E-state index in [4.69, 9.17) is 0 Å². The Kier molecular flexibility index (Phi) is 5.55. The maximum absolute atomic E-state index is 13.4. The molecule has 0 aromatic heterocycles. The van der Waals surface area contributed by atoms with Gasteiger partial charge in [0, 0.05) is 54.6 Å². The number of piperidine rings is 1. The number of rotatable bonds is 4. The van der Waals surface area contributed by atoms with Gasteiger partial charge in [0.1, 0.15) is 0 Å². The molecule has 1 aliphatic heterocycles. The van der Waals surface area contributed by atoms with E-state index >= 15 is 0 Å². The number of hydrogen-bond acceptors (Lipinski definition) is 4. The van der Waals surface area contributed by atoms with E-state index in [0.29, 0.717) is 23.2 Å². The zero-order valence-electron chi connectivity index (χ0n) is 18.7. The van der Waals surface area contributed by atoms with Crippen molar-refractivity contribution in [2.75, 3.05) is 25.0 Å². The minimum absolute atomic E-state index is 0.207. The SMILES string of the molecule is CN(Cc1ccc(N2CCCCC2)cc1)C(=O)c1cccc2c1C(=O)c1ccccc1C2=O. The van der Waals surface area contributed by atoms with Crippen molar-refractivity contribution in [2.45, 2.75) is 25.8 Å². The molecule has 1 amide bonds. The summed E-state index contributed by atoms with van der Waals surface area (Å²) in [4.78, 5) is 43.5. The van der Waals surface area contributed by atoms with E-state index < -0.39 is 0 Å². The summed E-state index contributed by atoms with van der Waals surface area (Å²) in [6.07, 6.45) is 3.75. The lowest BCUT2D eigenvalue weighted by Gasteiger charge is -2.29. The quantitative estimate of drug-likeness (QED) is 0.462. The van der Waals surface area contributed by atoms with Crippen LogP contribution in [0.3, 0.4) is 0 Å². The molecule has 5 heteroatoms. The third-order valence-corrected chi connectivity index (χ3v) is 6.61. The van der Waals surface area contributed by atoms with E-state index in [-0.39, 0.29) is 28.6 Å². The van der Waals surface area contributed by atoms with Gasteiger partial charge in [0.15, 0.2) is 11.6 Å². The molecule has 2 aliphatic rings. The molecule has 1 saturated heterocycles. The molecule has 0 saturated carbocycles. The summed E-state index contributed by atoms with van der Waals surface area (Å²) in [7, 11) is 1.73. The van der Waals surface area contributed by atoms with Crippen molar-refractivity contribution in [1.82, 2.24) is 4.90 Å². The first kappa shape index (κ1) is 21.1. The molecule has 0 spiro atoms. The van der Waals surface area contributed by atoms with Crippen LogP contribution in [0.1, 0.15) is 67.0 Å². The fourth-order valence-electron chi connectivity index (χ4n) is 4.84. The second kappa shape index (κ2) is 8.66. The lowest BCUT2D eigenvalue weighted by Crippen LogP contribution is -2.31. The molecule has 5 nitrogen and oxygen atoms in total. The van der Waals surface area contributed by atoms with E-state index in [2.05, 4.69) is 29.2 Å². The number of carbonyl (C=O) groups excluding carboxylic acids is 3. The Hall–Kier alpha value is -3.73. The summed E-state index contributed by atoms with van der Waals surface area (Å²) in [5, 5.41) is 0. The Morgan fingerprint density at radius 1 is 0.788 bits per heavy atom. The molecule has 33 heavy (non-hydrogen) atoms. The van der Waals surface area contributed by atoms with Crippen LogP contribution in [-0.2, 0) is 6.54 Å². The van der Waals surface area contributed by atoms with Gasteiger partial charge in [-0.2, -0.15) is 0 Å². The summed E-state index contributed by atoms with van der Waals surface area (Å²) in [5.74, 6) is -0.762. The maximum Gasteiger partial charge on any atom is 0.254 e. The molecule has 0 bridgehead atoms. The van der Waals surface area contributed by atoms with E-state index in [9.17, 15) is 14.4 Å². The van der Waals surface area contributed by atoms with Gasteiger partial charge in [0.25, 0.3) is 5.91 Å². The molecule has 1 aliphatic carbocycles. The number of amides is 1. The lowest BCUT2D eigenvalue weighted by atomic mass is 9.81. The van der Waals surface area contributed by atoms with Gasteiger partial charge >= 0.3 is 0 Å². The number of carbonyl (C=O) groups is 3. The largest absolute Gasteiger partial charge is 0.372 e. The maximum atomic E-state index is 13.4. The van der Waals surface area contributed by atoms with Crippen molar-refractivity contribution in [2.24, 2.45) is 0 Å². The summed E-state index contributed by atoms with van der Waals surface area (Å²) in [5.41, 5.74) is 3.75. The minimum Gasteiger partial charge on any atom is -0.372 e. The van der Waals surface area contributed by atoms with Crippen molar-refractivity contribution in [3.63, 3.8) is 0 Å². The van der Waals surface area contributed by atoms with Crippen molar-refractivity contribution in [1.29, 1.82) is 0 Å². The predicted molar refractivity (Wildman–Crippen MR) is 128 cm³/mol. The minimum atomic E-state index is -0.275. The standard InChI is InChI=1S/C28H26N2O3/c1-29(18-19-12-14-20(15-13-19)30-16-5-2-6-17-30)28(33)24-11-7-10-23-25(24)27(32)22-9-4-3-8-21(22)26(23)31/h3-4,7-15H,2,5-6,16-18H2,1H3. The highest BCUT2D eigenvalue weighted by atomic mass is 16.2. The highest BCUT2D eigenvalue weighted by Crippen LogP contribution is 2.30. The number of fused-ring (bicyclic) bond motifs is 2. The van der Waals surface area contributed by atoms with Crippen LogP contribution in [0.2, 0.25) is 0 Å². The molecule has 3 aromatic rings. The van der Waals surface area contributed by atoms with Crippen LogP contribution in [-0.4, -0.2) is 42.5 Å². The molecule has 166 valence electrons. The van der Waals surface area contributed by atoms with Crippen LogP contribution in [0.25, 0.3) is 0 Å². The van der Waals surface area contributed by atoms with Gasteiger partial charge < -0.3 is 9.80 Å². The highest BCUT2D eigenvalue weighted by molar-refractivity contribution is 6.30. The zero-order valence-corrected chi connectivity index (χ0v) is 18.7. The van der Waals surface area contributed by atoms with Gasteiger partial charge in [-0.3, -0.25) is 14.4 Å². The number of benzene rings is 3. The van der Waals surface area contributed by atoms with Crippen molar-refractivity contribution < 1.29 is 14.4 Å². The van der Waals surface area contributed by atoms with E-state index in [1.807, 2.05) is 0 Å². The fourth-order valence-corrected chi connectivity index (χ4v) is 4.84. The first-order chi connectivity index (χ1) is 16.0. The van der Waals surface area contributed by atoms with E-state index in [0.717, 1.165) is 18.7 Å². The third kappa shape index (κ3) is 3.84.